The van der Waals surface area contributed by atoms with E-state index in [0.29, 0.717) is 6.41 Å². The molecule has 3 rings (SSSR count). The molecular weight excluding hydrogens is 566 g/mol. The molecule has 0 aromatic carbocycles. The third-order valence-corrected chi connectivity index (χ3v) is 7.06. The number of aliphatic hydroxyl groups is 11. The predicted molar refractivity (Wildman–Crippen MR) is 125 cm³/mol. The van der Waals surface area contributed by atoms with Crippen LogP contribution in [0.25, 0.3) is 0 Å². The van der Waals surface area contributed by atoms with E-state index >= 15 is 0 Å². The second-order valence-electron chi connectivity index (χ2n) is 9.81. The first-order chi connectivity index (χ1) is 19.5. The number of carbonyl (C=O) groups is 1. The summed E-state index contributed by atoms with van der Waals surface area (Å²) in [7, 11) is 0. The molecule has 0 bridgehead atoms. The van der Waals surface area contributed by atoms with Gasteiger partial charge in [-0.2, -0.15) is 0 Å². The summed E-state index contributed by atoms with van der Waals surface area (Å²) in [6.07, 6.45) is -25.2. The molecule has 0 radical (unpaired) electrons. The minimum absolute atomic E-state index is 0.318. The lowest BCUT2D eigenvalue weighted by Gasteiger charge is -2.48. The molecule has 19 nitrogen and oxygen atoms in total. The van der Waals surface area contributed by atoms with Crippen LogP contribution in [0, 0.1) is 0 Å². The van der Waals surface area contributed by atoms with Crippen molar-refractivity contribution in [2.45, 2.75) is 98.2 Å². The first kappa shape index (κ1) is 34.3. The van der Waals surface area contributed by atoms with Crippen LogP contribution in [-0.2, 0) is 33.2 Å². The van der Waals surface area contributed by atoms with Gasteiger partial charge >= 0.3 is 0 Å². The van der Waals surface area contributed by atoms with Gasteiger partial charge in [0, 0.05) is 0 Å². The SMILES string of the molecule is O=CN[C@H](CO)CO[C@@H]1O[C@H](CO)[C@@H](O[C@H]2O[C@H](CO)[C@@H](O)[C@H](O[C@@H]3O[C@H](CO)[C@@H](O)[C@H](O)[C@@H]3O)[C@@H]2O)[C@H](O)[C@H]1O. The topological polar surface area (TPSA) is 307 Å². The van der Waals surface area contributed by atoms with Crippen LogP contribution in [-0.4, -0.2) is 194 Å². The summed E-state index contributed by atoms with van der Waals surface area (Å²) in [5, 5.41) is 114. The van der Waals surface area contributed by atoms with Crippen LogP contribution < -0.4 is 5.32 Å². The van der Waals surface area contributed by atoms with Gasteiger partial charge in [0.1, 0.15) is 73.2 Å². The molecule has 3 saturated heterocycles. The third kappa shape index (κ3) is 7.66. The van der Waals surface area contributed by atoms with Gasteiger partial charge in [0.15, 0.2) is 18.9 Å². The minimum atomic E-state index is -1.95. The average molecular weight is 606 g/mol. The fraction of sp³-hybridized carbons (Fsp3) is 0.955. The summed E-state index contributed by atoms with van der Waals surface area (Å²) in [4.78, 5) is 10.6. The van der Waals surface area contributed by atoms with Crippen molar-refractivity contribution in [2.75, 3.05) is 33.0 Å². The summed E-state index contributed by atoms with van der Waals surface area (Å²) < 4.78 is 32.5. The number of amides is 1. The summed E-state index contributed by atoms with van der Waals surface area (Å²) in [6.45, 7) is -3.28. The van der Waals surface area contributed by atoms with Gasteiger partial charge in [0.2, 0.25) is 6.41 Å². The van der Waals surface area contributed by atoms with Crippen molar-refractivity contribution in [1.29, 1.82) is 0 Å². The quantitative estimate of drug-likeness (QED) is 0.0867. The third-order valence-electron chi connectivity index (χ3n) is 7.06. The molecule has 0 aromatic rings. The number of hydrogen-bond acceptors (Lipinski definition) is 18. The zero-order chi connectivity index (χ0) is 30.4. The molecule has 0 aliphatic carbocycles. The molecule has 3 aliphatic rings. The van der Waals surface area contributed by atoms with Gasteiger partial charge in [0.25, 0.3) is 0 Å². The largest absolute Gasteiger partial charge is 0.394 e. The van der Waals surface area contributed by atoms with Crippen LogP contribution in [0.2, 0.25) is 0 Å². The Morgan fingerprint density at radius 3 is 1.68 bits per heavy atom. The monoisotopic (exact) mass is 605 g/mol. The van der Waals surface area contributed by atoms with Gasteiger partial charge < -0.3 is 89.9 Å². The molecular formula is C22H39NO18. The molecule has 0 saturated carbocycles. The second kappa shape index (κ2) is 15.5. The normalized spacial score (nSPS) is 46.2. The molecule has 19 heteroatoms. The molecule has 16 atom stereocenters. The van der Waals surface area contributed by atoms with Crippen molar-refractivity contribution in [3.63, 3.8) is 0 Å². The maximum Gasteiger partial charge on any atom is 0.207 e. The van der Waals surface area contributed by atoms with Gasteiger partial charge in [-0.15, -0.1) is 0 Å². The minimum Gasteiger partial charge on any atom is -0.394 e. The van der Waals surface area contributed by atoms with E-state index in [4.69, 9.17) is 28.4 Å². The standard InChI is InChI=1S/C22H39NO18/c24-1-7(23-6-28)5-36-20-16(34)14(32)18(10(4-27)39-20)40-22-17(35)19(12(30)9(3-26)38-22)41-21-15(33)13(31)11(29)8(2-25)37-21/h6-22,24-27,29-35H,1-5H2,(H,23,28)/t7-,8-,9-,10-,11-,12-,13+,14-,15+,16-,17+,18-,19+,20-,21+,22-/m1/s1. The van der Waals surface area contributed by atoms with Gasteiger partial charge in [-0.1, -0.05) is 0 Å². The van der Waals surface area contributed by atoms with Gasteiger partial charge in [-0.3, -0.25) is 4.79 Å². The highest BCUT2D eigenvalue weighted by Crippen LogP contribution is 2.32. The second-order valence-corrected chi connectivity index (χ2v) is 9.81. The first-order valence-corrected chi connectivity index (χ1v) is 12.8. The predicted octanol–water partition coefficient (Wildman–Crippen LogP) is -8.44. The molecule has 3 heterocycles. The Balaban J connectivity index is 1.73. The molecule has 3 fully saturated rings. The van der Waals surface area contributed by atoms with Gasteiger partial charge in [0.05, 0.1) is 39.1 Å². The number of hydrogen-bond donors (Lipinski definition) is 12. The highest BCUT2D eigenvalue weighted by Gasteiger charge is 2.53. The molecule has 0 aromatic heterocycles. The number of nitrogens with one attached hydrogen (secondary N) is 1. The lowest BCUT2D eigenvalue weighted by Crippen LogP contribution is -2.67. The van der Waals surface area contributed by atoms with Crippen LogP contribution in [0.1, 0.15) is 0 Å². The first-order valence-electron chi connectivity index (χ1n) is 12.8. The maximum absolute atomic E-state index is 10.9. The van der Waals surface area contributed by atoms with Crippen molar-refractivity contribution in [1.82, 2.24) is 5.32 Å². The van der Waals surface area contributed by atoms with E-state index in [9.17, 15) is 61.0 Å². The number of ether oxygens (including phenoxy) is 6. The van der Waals surface area contributed by atoms with E-state index in [1.807, 2.05) is 0 Å². The molecule has 41 heavy (non-hydrogen) atoms. The van der Waals surface area contributed by atoms with Crippen molar-refractivity contribution in [3.05, 3.63) is 0 Å². The van der Waals surface area contributed by atoms with Crippen molar-refractivity contribution in [3.8, 4) is 0 Å². The maximum atomic E-state index is 10.9. The highest BCUT2D eigenvalue weighted by atomic mass is 16.8. The summed E-state index contributed by atoms with van der Waals surface area (Å²) in [5.74, 6) is 0. The van der Waals surface area contributed by atoms with Crippen LogP contribution >= 0.6 is 0 Å². The van der Waals surface area contributed by atoms with E-state index in [-0.39, 0.29) is 6.61 Å². The lowest BCUT2D eigenvalue weighted by atomic mass is 9.96. The van der Waals surface area contributed by atoms with Crippen molar-refractivity contribution in [2.24, 2.45) is 0 Å². The molecule has 1 amide bonds. The van der Waals surface area contributed by atoms with E-state index in [0.717, 1.165) is 0 Å². The number of rotatable bonds is 13. The summed E-state index contributed by atoms with van der Waals surface area (Å²) in [5.41, 5.74) is 0. The summed E-state index contributed by atoms with van der Waals surface area (Å²) in [6, 6.07) is -0.866. The molecule has 12 N–H and O–H groups in total. The van der Waals surface area contributed by atoms with Crippen LogP contribution in [0.15, 0.2) is 0 Å². The Morgan fingerprint density at radius 2 is 1.12 bits per heavy atom. The van der Waals surface area contributed by atoms with E-state index in [1.54, 1.807) is 0 Å². The number of carbonyl (C=O) groups excluding carboxylic acids is 1. The number of aliphatic hydroxyl groups excluding tert-OH is 11. The smallest absolute Gasteiger partial charge is 0.207 e. The molecule has 240 valence electrons. The fourth-order valence-corrected chi connectivity index (χ4v) is 4.64. The van der Waals surface area contributed by atoms with Crippen molar-refractivity contribution < 1.29 is 89.4 Å². The average Bonchev–Trinajstić information content (AvgIpc) is 2.97. The molecule has 0 unspecified atom stereocenters. The Labute approximate surface area is 233 Å². The zero-order valence-corrected chi connectivity index (χ0v) is 21.6. The molecule has 3 aliphatic heterocycles. The van der Waals surface area contributed by atoms with E-state index < -0.39 is 125 Å². The zero-order valence-electron chi connectivity index (χ0n) is 21.6. The Kier molecular flexibility index (Phi) is 13.0. The van der Waals surface area contributed by atoms with Crippen LogP contribution in [0.4, 0.5) is 0 Å². The van der Waals surface area contributed by atoms with Crippen LogP contribution in [0.5, 0.6) is 0 Å². The van der Waals surface area contributed by atoms with Gasteiger partial charge in [-0.05, 0) is 0 Å². The van der Waals surface area contributed by atoms with Crippen molar-refractivity contribution >= 4 is 6.41 Å². The molecule has 0 spiro atoms. The lowest BCUT2D eigenvalue weighted by molar-refractivity contribution is -0.380. The summed E-state index contributed by atoms with van der Waals surface area (Å²) >= 11 is 0. The van der Waals surface area contributed by atoms with Crippen LogP contribution in [0.3, 0.4) is 0 Å². The van der Waals surface area contributed by atoms with E-state index in [1.165, 1.54) is 0 Å². The Hall–Kier alpha value is -1.21. The Bertz CT molecular complexity index is 794. The fourth-order valence-electron chi connectivity index (χ4n) is 4.64. The van der Waals surface area contributed by atoms with E-state index in [2.05, 4.69) is 5.32 Å². The van der Waals surface area contributed by atoms with Gasteiger partial charge in [-0.25, -0.2) is 0 Å². The highest BCUT2D eigenvalue weighted by molar-refractivity contribution is 5.46. The Morgan fingerprint density at radius 1 is 0.610 bits per heavy atom.